The lowest BCUT2D eigenvalue weighted by Crippen LogP contribution is -2.49. The van der Waals surface area contributed by atoms with Gasteiger partial charge in [-0.3, -0.25) is 9.59 Å². The molecule has 2 N–H and O–H groups in total. The Balaban J connectivity index is 1.80. The Morgan fingerprint density at radius 1 is 1.00 bits per heavy atom. The third-order valence-electron chi connectivity index (χ3n) is 7.42. The third kappa shape index (κ3) is 8.44. The van der Waals surface area contributed by atoms with Crippen molar-refractivity contribution in [1.82, 2.24) is 29.7 Å². The second-order valence-corrected chi connectivity index (χ2v) is 13.9. The van der Waals surface area contributed by atoms with E-state index < -0.39 is 44.6 Å². The summed E-state index contributed by atoms with van der Waals surface area (Å²) in [5.74, 6) is 0.276. The summed E-state index contributed by atoms with van der Waals surface area (Å²) in [6.45, 7) is 3.22. The minimum absolute atomic E-state index is 0.0181. The number of carbonyl (C=O) groups is 2. The minimum atomic E-state index is -4.90. The van der Waals surface area contributed by atoms with Crippen LogP contribution >= 0.6 is 11.8 Å². The number of amides is 2. The van der Waals surface area contributed by atoms with E-state index in [1.807, 2.05) is 50.4 Å². The number of nitrogens with one attached hydrogen (secondary N) is 2. The van der Waals surface area contributed by atoms with E-state index >= 15 is 0 Å². The Hall–Kier alpha value is -3.43. The first-order valence-corrected chi connectivity index (χ1v) is 17.4. The monoisotopic (exact) mass is 666 g/mol. The van der Waals surface area contributed by atoms with Crippen LogP contribution in [-0.2, 0) is 32.3 Å². The number of hydrogen-bond acceptors (Lipinski definition) is 7. The van der Waals surface area contributed by atoms with Gasteiger partial charge in [0.1, 0.15) is 11.9 Å². The van der Waals surface area contributed by atoms with Gasteiger partial charge in [-0.1, -0.05) is 56.3 Å². The molecule has 2 heterocycles. The maximum atomic E-state index is 13.9. The van der Waals surface area contributed by atoms with Crippen molar-refractivity contribution in [1.29, 1.82) is 0 Å². The molecular weight excluding hydrogens is 629 g/mol. The van der Waals surface area contributed by atoms with Crippen LogP contribution in [0.15, 0.2) is 59.5 Å². The lowest BCUT2D eigenvalue weighted by atomic mass is 10.0. The van der Waals surface area contributed by atoms with E-state index in [-0.39, 0.29) is 44.3 Å². The zero-order valence-electron chi connectivity index (χ0n) is 25.3. The first kappa shape index (κ1) is 34.4. The topological polar surface area (TPSA) is 126 Å². The zero-order chi connectivity index (χ0) is 32.8. The number of fused-ring (bicyclic) bond motifs is 1. The Morgan fingerprint density at radius 3 is 2.36 bits per heavy atom. The molecule has 2 amide bonds. The van der Waals surface area contributed by atoms with Gasteiger partial charge >= 0.3 is 6.18 Å². The van der Waals surface area contributed by atoms with E-state index in [9.17, 15) is 31.2 Å². The molecule has 1 aliphatic heterocycles. The SMILES string of the molecule is CSCC[C@@H]1NC(=O)CCCN(S(=O)(=O)c2ccccc2C(F)(F)F)CCn2nc(-c3ccccc3)nc2[C@@H](C(C)C)NC1=O. The first-order valence-electron chi connectivity index (χ1n) is 14.6. The normalized spacial score (nSPS) is 19.4. The number of nitrogens with zero attached hydrogens (tertiary/aromatic N) is 4. The van der Waals surface area contributed by atoms with Crippen molar-refractivity contribution >= 4 is 33.6 Å². The van der Waals surface area contributed by atoms with E-state index in [4.69, 9.17) is 4.98 Å². The van der Waals surface area contributed by atoms with E-state index in [1.165, 1.54) is 22.5 Å². The Bertz CT molecular complexity index is 1580. The van der Waals surface area contributed by atoms with Gasteiger partial charge in [0.15, 0.2) is 5.82 Å². The Kier molecular flexibility index (Phi) is 11.3. The average molecular weight is 667 g/mol. The van der Waals surface area contributed by atoms with Crippen molar-refractivity contribution in [3.8, 4) is 11.4 Å². The molecule has 45 heavy (non-hydrogen) atoms. The number of benzene rings is 2. The van der Waals surface area contributed by atoms with Crippen LogP contribution in [0.3, 0.4) is 0 Å². The highest BCUT2D eigenvalue weighted by atomic mass is 32.2. The molecule has 1 aromatic heterocycles. The number of sulfonamides is 1. The van der Waals surface area contributed by atoms with Crippen LogP contribution in [0.1, 0.15) is 50.5 Å². The summed E-state index contributed by atoms with van der Waals surface area (Å²) in [4.78, 5) is 30.3. The van der Waals surface area contributed by atoms with Gasteiger partial charge in [-0.2, -0.15) is 34.3 Å². The average Bonchev–Trinajstić information content (AvgIpc) is 3.42. The summed E-state index contributed by atoms with van der Waals surface area (Å²) < 4.78 is 71.8. The fraction of sp³-hybridized carbons (Fsp3) is 0.467. The molecule has 4 rings (SSSR count). The molecular formula is C30H37F3N6O4S2. The lowest BCUT2D eigenvalue weighted by molar-refractivity contribution is -0.140. The van der Waals surface area contributed by atoms with Crippen LogP contribution in [0.4, 0.5) is 13.2 Å². The van der Waals surface area contributed by atoms with Crippen LogP contribution in [0.2, 0.25) is 0 Å². The number of thioether (sulfide) groups is 1. The summed E-state index contributed by atoms with van der Waals surface area (Å²) in [5.41, 5.74) is -0.577. The maximum absolute atomic E-state index is 13.9. The summed E-state index contributed by atoms with van der Waals surface area (Å²) >= 11 is 1.52. The Morgan fingerprint density at radius 2 is 1.69 bits per heavy atom. The van der Waals surface area contributed by atoms with E-state index in [0.29, 0.717) is 29.4 Å². The molecule has 0 bridgehead atoms. The third-order valence-corrected chi connectivity index (χ3v) is 10.0. The van der Waals surface area contributed by atoms with Crippen molar-refractivity contribution in [2.75, 3.05) is 25.1 Å². The highest BCUT2D eigenvalue weighted by Gasteiger charge is 2.39. The molecule has 2 aromatic carbocycles. The second-order valence-electron chi connectivity index (χ2n) is 11.0. The molecule has 3 aromatic rings. The van der Waals surface area contributed by atoms with Crippen molar-refractivity contribution in [2.24, 2.45) is 5.92 Å². The largest absolute Gasteiger partial charge is 0.417 e. The van der Waals surface area contributed by atoms with Crippen LogP contribution in [0.25, 0.3) is 11.4 Å². The van der Waals surface area contributed by atoms with Crippen molar-refractivity contribution in [2.45, 2.75) is 62.8 Å². The Labute approximate surface area is 265 Å². The standard InChI is InChI=1S/C30H37F3N6O4S2/c1-20(2)26-28-36-27(21-10-5-4-6-11-21)37-39(28)18-17-38(45(42,43)24-13-8-7-12-22(24)30(31,32)33)16-9-14-25(40)34-23(15-19-44-3)29(41)35-26/h4-8,10-13,20,23,26H,9,14-19H2,1-3H3,(H,34,40)(H,35,41)/t23-,26+/m0/s1. The zero-order valence-corrected chi connectivity index (χ0v) is 26.9. The molecule has 0 radical (unpaired) electrons. The van der Waals surface area contributed by atoms with Gasteiger partial charge < -0.3 is 10.6 Å². The van der Waals surface area contributed by atoms with Crippen molar-refractivity contribution in [3.05, 3.63) is 66.0 Å². The molecule has 0 unspecified atom stereocenters. The van der Waals surface area contributed by atoms with Crippen molar-refractivity contribution < 1.29 is 31.2 Å². The van der Waals surface area contributed by atoms with Gasteiger partial charge in [-0.25, -0.2) is 18.1 Å². The van der Waals surface area contributed by atoms with E-state index in [1.54, 1.807) is 0 Å². The fourth-order valence-corrected chi connectivity index (χ4v) is 7.21. The second kappa shape index (κ2) is 14.8. The molecule has 0 saturated carbocycles. The molecule has 244 valence electrons. The molecule has 1 aliphatic rings. The molecule has 10 nitrogen and oxygen atoms in total. The molecule has 0 saturated heterocycles. The number of aromatic nitrogens is 3. The van der Waals surface area contributed by atoms with Crippen LogP contribution in [-0.4, -0.2) is 70.4 Å². The number of alkyl halides is 3. The number of halogens is 3. The summed E-state index contributed by atoms with van der Waals surface area (Å²) in [6.07, 6.45) is -2.76. The number of rotatable bonds is 7. The van der Waals surface area contributed by atoms with Gasteiger partial charge in [0.25, 0.3) is 0 Å². The van der Waals surface area contributed by atoms with Gasteiger partial charge in [0.2, 0.25) is 21.8 Å². The van der Waals surface area contributed by atoms with Gasteiger partial charge in [-0.15, -0.1) is 0 Å². The van der Waals surface area contributed by atoms with Crippen LogP contribution in [0.5, 0.6) is 0 Å². The lowest BCUT2D eigenvalue weighted by Gasteiger charge is -2.28. The predicted octanol–water partition coefficient (Wildman–Crippen LogP) is 4.50. The molecule has 2 atom stereocenters. The highest BCUT2D eigenvalue weighted by Crippen LogP contribution is 2.35. The fourth-order valence-electron chi connectivity index (χ4n) is 5.05. The van der Waals surface area contributed by atoms with Gasteiger partial charge in [0.05, 0.1) is 23.0 Å². The van der Waals surface area contributed by atoms with Gasteiger partial charge in [-0.05, 0) is 42.9 Å². The summed E-state index contributed by atoms with van der Waals surface area (Å²) in [5, 5.41) is 10.4. The minimum Gasteiger partial charge on any atom is -0.344 e. The number of carbonyl (C=O) groups excluding carboxylic acids is 2. The number of hydrogen-bond donors (Lipinski definition) is 2. The van der Waals surface area contributed by atoms with Crippen LogP contribution in [0, 0.1) is 5.92 Å². The molecule has 0 fully saturated rings. The smallest absolute Gasteiger partial charge is 0.344 e. The molecule has 15 heteroatoms. The van der Waals surface area contributed by atoms with Crippen LogP contribution < -0.4 is 10.6 Å². The van der Waals surface area contributed by atoms with E-state index in [0.717, 1.165) is 22.5 Å². The highest BCUT2D eigenvalue weighted by molar-refractivity contribution is 7.98. The maximum Gasteiger partial charge on any atom is 0.417 e. The summed E-state index contributed by atoms with van der Waals surface area (Å²) in [7, 11) is -4.66. The van der Waals surface area contributed by atoms with Gasteiger partial charge in [0, 0.05) is 25.1 Å². The van der Waals surface area contributed by atoms with E-state index in [2.05, 4.69) is 15.7 Å². The molecule has 0 aliphatic carbocycles. The first-order chi connectivity index (χ1) is 21.3. The predicted molar refractivity (Wildman–Crippen MR) is 166 cm³/mol. The molecule has 0 spiro atoms. The van der Waals surface area contributed by atoms with Crippen molar-refractivity contribution in [3.63, 3.8) is 0 Å². The quantitative estimate of drug-likeness (QED) is 0.381. The summed E-state index contributed by atoms with van der Waals surface area (Å²) in [6, 6.07) is 11.6.